The van der Waals surface area contributed by atoms with Gasteiger partial charge >= 0.3 is 12.0 Å². The molecule has 5 nitrogen and oxygen atoms in total. The molecule has 0 saturated carbocycles. The molecule has 0 bridgehead atoms. The summed E-state index contributed by atoms with van der Waals surface area (Å²) in [5.74, 6) is -1.06. The SMILES string of the molecule is CN(Cc1ccccc1Br)C(=O)Nc1sccc1C(=O)O. The molecule has 0 fully saturated rings. The lowest BCUT2D eigenvalue weighted by Gasteiger charge is -2.18. The lowest BCUT2D eigenvalue weighted by atomic mass is 10.2. The number of urea groups is 1. The predicted molar refractivity (Wildman–Crippen MR) is 85.9 cm³/mol. The predicted octanol–water partition coefficient (Wildman–Crippen LogP) is 3.87. The standard InChI is InChI=1S/C14H13BrN2O3S/c1-17(8-9-4-2-3-5-11(9)15)14(20)16-12-10(13(18)19)6-7-21-12/h2-7H,8H2,1H3,(H,16,20)(H,18,19). The van der Waals surface area contributed by atoms with Crippen molar-refractivity contribution in [3.63, 3.8) is 0 Å². The summed E-state index contributed by atoms with van der Waals surface area (Å²) in [7, 11) is 1.66. The number of hydrogen-bond acceptors (Lipinski definition) is 3. The van der Waals surface area contributed by atoms with Gasteiger partial charge < -0.3 is 10.0 Å². The Kier molecular flexibility index (Phi) is 4.98. The van der Waals surface area contributed by atoms with E-state index in [2.05, 4.69) is 21.2 Å². The molecule has 0 radical (unpaired) electrons. The highest BCUT2D eigenvalue weighted by Crippen LogP contribution is 2.24. The molecule has 1 aromatic carbocycles. The van der Waals surface area contributed by atoms with E-state index in [0.717, 1.165) is 10.0 Å². The number of aromatic carboxylic acids is 1. The van der Waals surface area contributed by atoms with Crippen LogP contribution in [0, 0.1) is 0 Å². The van der Waals surface area contributed by atoms with Gasteiger partial charge in [-0.05, 0) is 23.1 Å². The van der Waals surface area contributed by atoms with Gasteiger partial charge in [0.1, 0.15) is 5.00 Å². The molecule has 2 rings (SSSR count). The van der Waals surface area contributed by atoms with Crippen LogP contribution < -0.4 is 5.32 Å². The van der Waals surface area contributed by atoms with Crippen molar-refractivity contribution in [2.24, 2.45) is 0 Å². The van der Waals surface area contributed by atoms with Gasteiger partial charge in [0.2, 0.25) is 0 Å². The minimum Gasteiger partial charge on any atom is -0.478 e. The molecular formula is C14H13BrN2O3S. The van der Waals surface area contributed by atoms with Crippen molar-refractivity contribution in [2.75, 3.05) is 12.4 Å². The normalized spacial score (nSPS) is 10.2. The second kappa shape index (κ2) is 6.73. The first-order valence-corrected chi connectivity index (χ1v) is 7.72. The summed E-state index contributed by atoms with van der Waals surface area (Å²) in [6, 6.07) is 8.74. The van der Waals surface area contributed by atoms with Crippen LogP contribution >= 0.6 is 27.3 Å². The zero-order chi connectivity index (χ0) is 15.4. The van der Waals surface area contributed by atoms with Gasteiger partial charge in [-0.25, -0.2) is 9.59 Å². The van der Waals surface area contributed by atoms with Crippen molar-refractivity contribution in [3.8, 4) is 0 Å². The Labute approximate surface area is 134 Å². The van der Waals surface area contributed by atoms with Crippen LogP contribution in [-0.4, -0.2) is 29.1 Å². The van der Waals surface area contributed by atoms with E-state index in [9.17, 15) is 9.59 Å². The Hall–Kier alpha value is -1.86. The fourth-order valence-corrected chi connectivity index (χ4v) is 2.90. The Morgan fingerprint density at radius 2 is 2.05 bits per heavy atom. The van der Waals surface area contributed by atoms with E-state index in [-0.39, 0.29) is 11.6 Å². The molecule has 0 saturated heterocycles. The number of carboxylic acids is 1. The zero-order valence-corrected chi connectivity index (χ0v) is 13.6. The summed E-state index contributed by atoms with van der Waals surface area (Å²) in [6.45, 7) is 0.418. The number of nitrogens with one attached hydrogen (secondary N) is 1. The third-order valence-corrected chi connectivity index (χ3v) is 4.43. The molecule has 0 atom stereocenters. The number of anilines is 1. The van der Waals surface area contributed by atoms with Crippen LogP contribution in [0.25, 0.3) is 0 Å². The Morgan fingerprint density at radius 3 is 2.71 bits per heavy atom. The molecule has 2 amide bonds. The molecule has 21 heavy (non-hydrogen) atoms. The van der Waals surface area contributed by atoms with Crippen LogP contribution in [0.2, 0.25) is 0 Å². The quantitative estimate of drug-likeness (QED) is 0.860. The van der Waals surface area contributed by atoms with Crippen molar-refractivity contribution >= 4 is 44.3 Å². The third-order valence-electron chi connectivity index (χ3n) is 2.83. The molecule has 1 heterocycles. The Bertz CT molecular complexity index is 672. The molecule has 7 heteroatoms. The van der Waals surface area contributed by atoms with E-state index in [4.69, 9.17) is 5.11 Å². The molecule has 0 aliphatic heterocycles. The van der Waals surface area contributed by atoms with E-state index < -0.39 is 5.97 Å². The van der Waals surface area contributed by atoms with Crippen LogP contribution in [0.1, 0.15) is 15.9 Å². The van der Waals surface area contributed by atoms with E-state index in [1.54, 1.807) is 12.4 Å². The van der Waals surface area contributed by atoms with Gasteiger partial charge in [-0.3, -0.25) is 5.32 Å². The summed E-state index contributed by atoms with van der Waals surface area (Å²) in [5.41, 5.74) is 1.07. The summed E-state index contributed by atoms with van der Waals surface area (Å²) in [5, 5.41) is 13.6. The third kappa shape index (κ3) is 3.83. The number of amides is 2. The number of carbonyl (C=O) groups excluding carboxylic acids is 1. The lowest BCUT2D eigenvalue weighted by molar-refractivity contribution is 0.0698. The number of nitrogens with zero attached hydrogens (tertiary/aromatic N) is 1. The molecule has 2 aromatic rings. The van der Waals surface area contributed by atoms with Gasteiger partial charge in [-0.1, -0.05) is 34.1 Å². The Balaban J connectivity index is 2.05. The van der Waals surface area contributed by atoms with Crippen molar-refractivity contribution in [1.82, 2.24) is 4.90 Å². The summed E-state index contributed by atoms with van der Waals surface area (Å²) >= 11 is 4.62. The molecule has 1 aromatic heterocycles. The molecule has 0 aliphatic carbocycles. The zero-order valence-electron chi connectivity index (χ0n) is 11.2. The molecular weight excluding hydrogens is 356 g/mol. The summed E-state index contributed by atoms with van der Waals surface area (Å²) < 4.78 is 0.923. The summed E-state index contributed by atoms with van der Waals surface area (Å²) in [4.78, 5) is 24.6. The molecule has 2 N–H and O–H groups in total. The van der Waals surface area contributed by atoms with E-state index in [1.165, 1.54) is 22.3 Å². The fourth-order valence-electron chi connectivity index (χ4n) is 1.72. The van der Waals surface area contributed by atoms with E-state index >= 15 is 0 Å². The Morgan fingerprint density at radius 1 is 1.33 bits per heavy atom. The number of carboxylic acid groups (broad SMARTS) is 1. The van der Waals surface area contributed by atoms with Gasteiger partial charge in [-0.2, -0.15) is 0 Å². The van der Waals surface area contributed by atoms with Gasteiger partial charge in [0.25, 0.3) is 0 Å². The lowest BCUT2D eigenvalue weighted by Crippen LogP contribution is -2.31. The van der Waals surface area contributed by atoms with Gasteiger partial charge in [0.15, 0.2) is 0 Å². The highest BCUT2D eigenvalue weighted by molar-refractivity contribution is 9.10. The number of thiophene rings is 1. The average molecular weight is 369 g/mol. The second-order valence-corrected chi connectivity index (χ2v) is 6.12. The van der Waals surface area contributed by atoms with Crippen molar-refractivity contribution < 1.29 is 14.7 Å². The number of carbonyl (C=O) groups is 2. The average Bonchev–Trinajstić information content (AvgIpc) is 2.89. The van der Waals surface area contributed by atoms with Crippen molar-refractivity contribution in [1.29, 1.82) is 0 Å². The highest BCUT2D eigenvalue weighted by atomic mass is 79.9. The van der Waals surface area contributed by atoms with Crippen molar-refractivity contribution in [3.05, 3.63) is 51.3 Å². The maximum Gasteiger partial charge on any atom is 0.338 e. The van der Waals surface area contributed by atoms with Crippen molar-refractivity contribution in [2.45, 2.75) is 6.54 Å². The van der Waals surface area contributed by atoms with Crippen LogP contribution in [0.3, 0.4) is 0 Å². The largest absolute Gasteiger partial charge is 0.478 e. The highest BCUT2D eigenvalue weighted by Gasteiger charge is 2.16. The van der Waals surface area contributed by atoms with Gasteiger partial charge in [-0.15, -0.1) is 11.3 Å². The van der Waals surface area contributed by atoms with Gasteiger partial charge in [0.05, 0.1) is 5.56 Å². The monoisotopic (exact) mass is 368 g/mol. The molecule has 0 spiro atoms. The van der Waals surface area contributed by atoms with Crippen LogP contribution in [0.4, 0.5) is 9.80 Å². The number of benzene rings is 1. The van der Waals surface area contributed by atoms with E-state index in [0.29, 0.717) is 11.5 Å². The maximum absolute atomic E-state index is 12.1. The van der Waals surface area contributed by atoms with Gasteiger partial charge in [0, 0.05) is 18.1 Å². The smallest absolute Gasteiger partial charge is 0.338 e. The minimum atomic E-state index is -1.06. The first-order chi connectivity index (χ1) is 9.99. The van der Waals surface area contributed by atoms with Crippen LogP contribution in [-0.2, 0) is 6.54 Å². The first kappa shape index (κ1) is 15.5. The summed E-state index contributed by atoms with van der Waals surface area (Å²) in [6.07, 6.45) is 0. The maximum atomic E-state index is 12.1. The molecule has 0 aliphatic rings. The topological polar surface area (TPSA) is 69.6 Å². The molecule has 0 unspecified atom stereocenters. The number of halogens is 1. The number of rotatable bonds is 4. The van der Waals surface area contributed by atoms with Crippen LogP contribution in [0.15, 0.2) is 40.2 Å². The van der Waals surface area contributed by atoms with Crippen LogP contribution in [0.5, 0.6) is 0 Å². The fraction of sp³-hybridized carbons (Fsp3) is 0.143. The second-order valence-electron chi connectivity index (χ2n) is 4.35. The first-order valence-electron chi connectivity index (χ1n) is 6.05. The number of hydrogen-bond donors (Lipinski definition) is 2. The molecule has 110 valence electrons. The minimum absolute atomic E-state index is 0.0997. The van der Waals surface area contributed by atoms with E-state index in [1.807, 2.05) is 24.3 Å².